The maximum Gasteiger partial charge on any atom is 0.106 e. The van der Waals surface area contributed by atoms with E-state index in [0.29, 0.717) is 0 Å². The van der Waals surface area contributed by atoms with Gasteiger partial charge in [0.05, 0.1) is 0 Å². The van der Waals surface area contributed by atoms with Gasteiger partial charge in [-0.1, -0.05) is 36.4 Å². The topological polar surface area (TPSA) is 33.1 Å². The van der Waals surface area contributed by atoms with Gasteiger partial charge in [0.2, 0.25) is 0 Å². The van der Waals surface area contributed by atoms with Crippen molar-refractivity contribution in [2.24, 2.45) is 0 Å². The fourth-order valence-corrected chi connectivity index (χ4v) is 3.08. The van der Waals surface area contributed by atoms with Gasteiger partial charge in [-0.3, -0.25) is 4.98 Å². The molecule has 0 saturated carbocycles. The van der Waals surface area contributed by atoms with Crippen LogP contribution in [0.4, 0.5) is 0 Å². The molecule has 3 rings (SSSR count). The number of aromatic nitrogens is 1. The summed E-state index contributed by atoms with van der Waals surface area (Å²) in [7, 11) is 0. The van der Waals surface area contributed by atoms with E-state index in [1.165, 1.54) is 0 Å². The summed E-state index contributed by atoms with van der Waals surface area (Å²) < 4.78 is 0. The molecule has 0 aliphatic rings. The molecule has 20 heavy (non-hydrogen) atoms. The molecule has 0 spiro atoms. The first-order valence-corrected chi connectivity index (χ1v) is 7.67. The Bertz CT molecular complexity index is 736. The predicted octanol–water partition coefficient (Wildman–Crippen LogP) is 4.04. The highest BCUT2D eigenvalue weighted by atomic mass is 32.2. The Kier molecular flexibility index (Phi) is 3.72. The van der Waals surface area contributed by atoms with Gasteiger partial charge in [-0.2, -0.15) is 0 Å². The normalized spacial score (nSPS) is 12.5. The lowest BCUT2D eigenvalue weighted by atomic mass is 9.97. The van der Waals surface area contributed by atoms with Gasteiger partial charge >= 0.3 is 0 Å². The average Bonchev–Trinajstić information content (AvgIpc) is 2.53. The summed E-state index contributed by atoms with van der Waals surface area (Å²) in [5.74, 6) is 0. The maximum atomic E-state index is 10.8. The quantitative estimate of drug-likeness (QED) is 0.736. The van der Waals surface area contributed by atoms with Gasteiger partial charge in [0.1, 0.15) is 6.10 Å². The van der Waals surface area contributed by atoms with E-state index in [-0.39, 0.29) is 0 Å². The van der Waals surface area contributed by atoms with Gasteiger partial charge in [0.15, 0.2) is 0 Å². The Morgan fingerprint density at radius 3 is 2.65 bits per heavy atom. The van der Waals surface area contributed by atoms with E-state index in [9.17, 15) is 5.11 Å². The minimum atomic E-state index is -0.621. The molecule has 0 saturated heterocycles. The number of rotatable bonds is 3. The van der Waals surface area contributed by atoms with E-state index in [1.807, 2.05) is 61.0 Å². The minimum absolute atomic E-state index is 0.621. The van der Waals surface area contributed by atoms with E-state index >= 15 is 0 Å². The van der Waals surface area contributed by atoms with Crippen molar-refractivity contribution in [2.45, 2.75) is 11.0 Å². The molecule has 1 aromatic heterocycles. The molecule has 0 bridgehead atoms. The van der Waals surface area contributed by atoms with Crippen molar-refractivity contribution in [3.8, 4) is 0 Å². The molecule has 0 aliphatic heterocycles. The first-order chi connectivity index (χ1) is 9.81. The van der Waals surface area contributed by atoms with Crippen LogP contribution >= 0.6 is 11.8 Å². The molecule has 2 nitrogen and oxygen atoms in total. The second-order valence-electron chi connectivity index (χ2n) is 4.59. The highest BCUT2D eigenvalue weighted by Gasteiger charge is 2.16. The van der Waals surface area contributed by atoms with Crippen molar-refractivity contribution in [1.29, 1.82) is 0 Å². The lowest BCUT2D eigenvalue weighted by Gasteiger charge is -2.16. The number of thioether (sulfide) groups is 1. The molecular formula is C17H15NOS. The number of aliphatic hydroxyl groups excluding tert-OH is 1. The fourth-order valence-electron chi connectivity index (χ4n) is 2.45. The zero-order valence-corrected chi connectivity index (χ0v) is 12.0. The van der Waals surface area contributed by atoms with Gasteiger partial charge in [0.25, 0.3) is 0 Å². The van der Waals surface area contributed by atoms with Crippen molar-refractivity contribution < 1.29 is 5.11 Å². The van der Waals surface area contributed by atoms with Crippen LogP contribution < -0.4 is 0 Å². The molecule has 1 unspecified atom stereocenters. The number of pyridine rings is 1. The van der Waals surface area contributed by atoms with Crippen LogP contribution in [-0.2, 0) is 0 Å². The van der Waals surface area contributed by atoms with Crippen molar-refractivity contribution >= 4 is 22.5 Å². The second kappa shape index (κ2) is 5.65. The van der Waals surface area contributed by atoms with Crippen LogP contribution in [0, 0.1) is 0 Å². The van der Waals surface area contributed by atoms with E-state index < -0.39 is 6.10 Å². The number of aliphatic hydroxyl groups is 1. The van der Waals surface area contributed by atoms with E-state index in [1.54, 1.807) is 18.0 Å². The molecular weight excluding hydrogens is 266 g/mol. The smallest absolute Gasteiger partial charge is 0.106 e. The number of hydrogen-bond acceptors (Lipinski definition) is 3. The van der Waals surface area contributed by atoms with Gasteiger partial charge < -0.3 is 5.11 Å². The highest BCUT2D eigenvalue weighted by Crippen LogP contribution is 2.33. The van der Waals surface area contributed by atoms with Crippen LogP contribution in [0.25, 0.3) is 10.8 Å². The molecule has 2 aromatic carbocycles. The average molecular weight is 281 g/mol. The molecule has 0 aliphatic carbocycles. The summed E-state index contributed by atoms with van der Waals surface area (Å²) in [4.78, 5) is 5.24. The second-order valence-corrected chi connectivity index (χ2v) is 5.44. The van der Waals surface area contributed by atoms with Crippen LogP contribution in [0.3, 0.4) is 0 Å². The van der Waals surface area contributed by atoms with Crippen LogP contribution in [-0.4, -0.2) is 16.3 Å². The van der Waals surface area contributed by atoms with Crippen LogP contribution in [0.1, 0.15) is 17.2 Å². The predicted molar refractivity (Wildman–Crippen MR) is 84.0 cm³/mol. The Morgan fingerprint density at radius 2 is 1.80 bits per heavy atom. The number of fused-ring (bicyclic) bond motifs is 1. The molecule has 3 heteroatoms. The third-order valence-electron chi connectivity index (χ3n) is 3.44. The van der Waals surface area contributed by atoms with Crippen molar-refractivity contribution in [1.82, 2.24) is 4.98 Å². The number of nitrogens with zero attached hydrogens (tertiary/aromatic N) is 1. The monoisotopic (exact) mass is 281 g/mol. The van der Waals surface area contributed by atoms with Crippen LogP contribution in [0.2, 0.25) is 0 Å². The Hall–Kier alpha value is -1.84. The standard InChI is InChI=1S/C17H15NOS/c1-20-16-8-3-2-6-15(16)17(19)14-7-4-5-12-11-18-10-9-13(12)14/h2-11,17,19H,1H3. The summed E-state index contributed by atoms with van der Waals surface area (Å²) in [5, 5.41) is 12.9. The maximum absolute atomic E-state index is 10.8. The third kappa shape index (κ3) is 2.30. The molecule has 0 radical (unpaired) electrons. The molecule has 1 heterocycles. The summed E-state index contributed by atoms with van der Waals surface area (Å²) in [6, 6.07) is 15.9. The SMILES string of the molecule is CSc1ccccc1C(O)c1cccc2cnccc12. The molecule has 100 valence electrons. The molecule has 0 amide bonds. The lowest BCUT2D eigenvalue weighted by Crippen LogP contribution is -2.02. The number of hydrogen-bond donors (Lipinski definition) is 1. The Morgan fingerprint density at radius 1 is 1.00 bits per heavy atom. The largest absolute Gasteiger partial charge is 0.384 e. The van der Waals surface area contributed by atoms with Crippen LogP contribution in [0.15, 0.2) is 65.8 Å². The van der Waals surface area contributed by atoms with Crippen molar-refractivity contribution in [2.75, 3.05) is 6.26 Å². The van der Waals surface area contributed by atoms with E-state index in [0.717, 1.165) is 26.8 Å². The van der Waals surface area contributed by atoms with E-state index in [2.05, 4.69) is 4.98 Å². The van der Waals surface area contributed by atoms with Crippen molar-refractivity contribution in [3.05, 3.63) is 72.1 Å². The molecule has 1 N–H and O–H groups in total. The highest BCUT2D eigenvalue weighted by molar-refractivity contribution is 7.98. The van der Waals surface area contributed by atoms with Crippen molar-refractivity contribution in [3.63, 3.8) is 0 Å². The van der Waals surface area contributed by atoms with Gasteiger partial charge in [-0.05, 0) is 34.9 Å². The third-order valence-corrected chi connectivity index (χ3v) is 4.25. The van der Waals surface area contributed by atoms with Gasteiger partial charge in [-0.25, -0.2) is 0 Å². The van der Waals surface area contributed by atoms with Gasteiger partial charge in [0, 0.05) is 22.7 Å². The fraction of sp³-hybridized carbons (Fsp3) is 0.118. The Balaban J connectivity index is 2.15. The molecule has 0 fully saturated rings. The molecule has 1 atom stereocenters. The summed E-state index contributed by atoms with van der Waals surface area (Å²) in [6.07, 6.45) is 4.99. The minimum Gasteiger partial charge on any atom is -0.384 e. The molecule has 3 aromatic rings. The number of benzene rings is 2. The first-order valence-electron chi connectivity index (χ1n) is 6.45. The summed E-state index contributed by atoms with van der Waals surface area (Å²) in [6.45, 7) is 0. The van der Waals surface area contributed by atoms with Gasteiger partial charge in [-0.15, -0.1) is 11.8 Å². The zero-order valence-electron chi connectivity index (χ0n) is 11.2. The lowest BCUT2D eigenvalue weighted by molar-refractivity contribution is 0.219. The zero-order chi connectivity index (χ0) is 13.9. The summed E-state index contributed by atoms with van der Waals surface area (Å²) >= 11 is 1.65. The van der Waals surface area contributed by atoms with Crippen LogP contribution in [0.5, 0.6) is 0 Å². The summed E-state index contributed by atoms with van der Waals surface area (Å²) in [5.41, 5.74) is 1.87. The first kappa shape index (κ1) is 13.2. The Labute approximate surface area is 122 Å². The van der Waals surface area contributed by atoms with E-state index in [4.69, 9.17) is 0 Å².